The van der Waals surface area contributed by atoms with Gasteiger partial charge in [0.15, 0.2) is 5.11 Å². The van der Waals surface area contributed by atoms with Crippen LogP contribution in [-0.2, 0) is 17.8 Å². The fourth-order valence-corrected chi connectivity index (χ4v) is 2.32. The van der Waals surface area contributed by atoms with Crippen molar-refractivity contribution < 1.29 is 9.72 Å². The van der Waals surface area contributed by atoms with Gasteiger partial charge in [0, 0.05) is 23.2 Å². The summed E-state index contributed by atoms with van der Waals surface area (Å²) in [7, 11) is 0. The van der Waals surface area contributed by atoms with E-state index in [4.69, 9.17) is 23.8 Å². The number of carbonyl (C=O) groups excluding carboxylic acids is 1. The Kier molecular flexibility index (Phi) is 6.22. The van der Waals surface area contributed by atoms with Gasteiger partial charge in [0.25, 0.3) is 5.69 Å². The molecule has 2 rings (SSSR count). The predicted molar refractivity (Wildman–Crippen MR) is 95.8 cm³/mol. The van der Waals surface area contributed by atoms with Crippen LogP contribution in [0.15, 0.2) is 48.5 Å². The first-order chi connectivity index (χ1) is 11.5. The van der Waals surface area contributed by atoms with Crippen molar-refractivity contribution >= 4 is 40.5 Å². The molecule has 0 aliphatic heterocycles. The van der Waals surface area contributed by atoms with E-state index in [1.807, 2.05) is 12.1 Å². The molecule has 0 atom stereocenters. The van der Waals surface area contributed by atoms with Crippen LogP contribution >= 0.6 is 23.8 Å². The molecule has 0 saturated carbocycles. The second-order valence-corrected chi connectivity index (χ2v) is 5.76. The Morgan fingerprint density at radius 2 is 1.83 bits per heavy atom. The van der Waals surface area contributed by atoms with Crippen LogP contribution in [-0.4, -0.2) is 15.9 Å². The van der Waals surface area contributed by atoms with E-state index in [9.17, 15) is 14.9 Å². The fraction of sp³-hybridized carbons (Fsp3) is 0.125. The molecule has 0 spiro atoms. The molecule has 2 aromatic carbocycles. The molecule has 2 aromatic rings. The van der Waals surface area contributed by atoms with E-state index in [1.54, 1.807) is 30.3 Å². The molecule has 0 radical (unpaired) electrons. The highest BCUT2D eigenvalue weighted by atomic mass is 35.5. The van der Waals surface area contributed by atoms with Gasteiger partial charge in [-0.1, -0.05) is 41.9 Å². The highest BCUT2D eigenvalue weighted by Gasteiger charge is 2.15. The molecule has 0 heterocycles. The van der Waals surface area contributed by atoms with Gasteiger partial charge in [-0.3, -0.25) is 14.9 Å². The summed E-state index contributed by atoms with van der Waals surface area (Å²) in [5.74, 6) is -0.419. The summed E-state index contributed by atoms with van der Waals surface area (Å²) in [6.45, 7) is 0.432. The Bertz CT molecular complexity index is 765. The van der Waals surface area contributed by atoms with Crippen molar-refractivity contribution in [1.29, 1.82) is 0 Å². The third-order valence-electron chi connectivity index (χ3n) is 3.16. The van der Waals surface area contributed by atoms with Crippen molar-refractivity contribution in [3.05, 3.63) is 74.8 Å². The maximum Gasteiger partial charge on any atom is 0.273 e. The first-order valence-electron chi connectivity index (χ1n) is 7.00. The summed E-state index contributed by atoms with van der Waals surface area (Å²) in [4.78, 5) is 22.4. The van der Waals surface area contributed by atoms with Gasteiger partial charge in [0.05, 0.1) is 11.3 Å². The molecule has 0 unspecified atom stereocenters. The minimum Gasteiger partial charge on any atom is -0.358 e. The average Bonchev–Trinajstić information content (AvgIpc) is 2.54. The summed E-state index contributed by atoms with van der Waals surface area (Å²) in [6, 6.07) is 13.3. The maximum absolute atomic E-state index is 12.0. The number of rotatable bonds is 5. The monoisotopic (exact) mass is 363 g/mol. The van der Waals surface area contributed by atoms with Gasteiger partial charge in [-0.2, -0.15) is 0 Å². The van der Waals surface area contributed by atoms with Crippen LogP contribution in [0.4, 0.5) is 5.69 Å². The van der Waals surface area contributed by atoms with Crippen molar-refractivity contribution in [2.75, 3.05) is 0 Å². The summed E-state index contributed by atoms with van der Waals surface area (Å²) >= 11 is 10.9. The summed E-state index contributed by atoms with van der Waals surface area (Å²) in [6.07, 6.45) is -0.125. The SMILES string of the molecule is O=C(Cc1ccccc1[N+](=O)[O-])NC(=S)NCc1ccc(Cl)cc1. The number of benzene rings is 2. The van der Waals surface area contributed by atoms with Crippen LogP contribution in [0.2, 0.25) is 5.02 Å². The Hall–Kier alpha value is -2.51. The number of hydrogen-bond acceptors (Lipinski definition) is 4. The molecule has 24 heavy (non-hydrogen) atoms. The normalized spacial score (nSPS) is 10.0. The molecule has 0 fully saturated rings. The Morgan fingerprint density at radius 3 is 2.50 bits per heavy atom. The standard InChI is InChI=1S/C16H14ClN3O3S/c17-13-7-5-11(6-8-13)10-18-16(24)19-15(21)9-12-3-1-2-4-14(12)20(22)23/h1-8H,9-10H2,(H2,18,19,21,24). The van der Waals surface area contributed by atoms with Crippen molar-refractivity contribution in [2.45, 2.75) is 13.0 Å². The maximum atomic E-state index is 12.0. The molecule has 0 aliphatic carbocycles. The fourth-order valence-electron chi connectivity index (χ4n) is 2.01. The van der Waals surface area contributed by atoms with Crippen LogP contribution in [0.1, 0.15) is 11.1 Å². The van der Waals surface area contributed by atoms with Crippen molar-refractivity contribution in [1.82, 2.24) is 10.6 Å². The highest BCUT2D eigenvalue weighted by molar-refractivity contribution is 7.80. The third kappa shape index (κ3) is 5.29. The molecule has 0 aromatic heterocycles. The largest absolute Gasteiger partial charge is 0.358 e. The van der Waals surface area contributed by atoms with Crippen molar-refractivity contribution in [3.63, 3.8) is 0 Å². The lowest BCUT2D eigenvalue weighted by Gasteiger charge is -2.10. The molecule has 0 aliphatic rings. The van der Waals surface area contributed by atoms with Crippen molar-refractivity contribution in [2.24, 2.45) is 0 Å². The number of carbonyl (C=O) groups is 1. The average molecular weight is 364 g/mol. The first kappa shape index (κ1) is 17.8. The van der Waals surface area contributed by atoms with Gasteiger partial charge in [-0.05, 0) is 29.9 Å². The zero-order chi connectivity index (χ0) is 17.5. The topological polar surface area (TPSA) is 84.3 Å². The van der Waals surface area contributed by atoms with Crippen LogP contribution in [0.5, 0.6) is 0 Å². The zero-order valence-electron chi connectivity index (χ0n) is 12.5. The van der Waals surface area contributed by atoms with Gasteiger partial charge < -0.3 is 10.6 Å². The molecular weight excluding hydrogens is 350 g/mol. The molecule has 2 N–H and O–H groups in total. The summed E-state index contributed by atoms with van der Waals surface area (Å²) < 4.78 is 0. The van der Waals surface area contributed by atoms with E-state index in [2.05, 4.69) is 10.6 Å². The van der Waals surface area contributed by atoms with Crippen molar-refractivity contribution in [3.8, 4) is 0 Å². The lowest BCUT2D eigenvalue weighted by atomic mass is 10.1. The third-order valence-corrected chi connectivity index (χ3v) is 3.66. The van der Waals surface area contributed by atoms with E-state index in [0.29, 0.717) is 17.1 Å². The smallest absolute Gasteiger partial charge is 0.273 e. The minimum atomic E-state index is -0.514. The number of nitro benzene ring substituents is 1. The number of para-hydroxylation sites is 1. The number of nitro groups is 1. The number of halogens is 1. The van der Waals surface area contributed by atoms with Gasteiger partial charge in [0.2, 0.25) is 5.91 Å². The number of nitrogens with zero attached hydrogens (tertiary/aromatic N) is 1. The Morgan fingerprint density at radius 1 is 1.17 bits per heavy atom. The van der Waals surface area contributed by atoms with Gasteiger partial charge in [-0.25, -0.2) is 0 Å². The van der Waals surface area contributed by atoms with E-state index in [1.165, 1.54) is 6.07 Å². The summed E-state index contributed by atoms with van der Waals surface area (Å²) in [5, 5.41) is 17.1. The number of nitrogens with one attached hydrogen (secondary N) is 2. The molecular formula is C16H14ClN3O3S. The summed E-state index contributed by atoms with van der Waals surface area (Å²) in [5.41, 5.74) is 1.20. The quantitative estimate of drug-likeness (QED) is 0.484. The molecule has 0 saturated heterocycles. The molecule has 8 heteroatoms. The van der Waals surface area contributed by atoms with Gasteiger partial charge >= 0.3 is 0 Å². The first-order valence-corrected chi connectivity index (χ1v) is 7.79. The van der Waals surface area contributed by atoms with Crippen LogP contribution in [0, 0.1) is 10.1 Å². The Labute approximate surface area is 149 Å². The van der Waals surface area contributed by atoms with Crippen LogP contribution in [0.3, 0.4) is 0 Å². The minimum absolute atomic E-state index is 0.0901. The van der Waals surface area contributed by atoms with Crippen LogP contribution < -0.4 is 10.6 Å². The molecule has 6 nitrogen and oxygen atoms in total. The zero-order valence-corrected chi connectivity index (χ0v) is 14.1. The van der Waals surface area contributed by atoms with Gasteiger partial charge in [-0.15, -0.1) is 0 Å². The van der Waals surface area contributed by atoms with E-state index in [0.717, 1.165) is 5.56 Å². The van der Waals surface area contributed by atoms with E-state index < -0.39 is 10.8 Å². The highest BCUT2D eigenvalue weighted by Crippen LogP contribution is 2.17. The number of amides is 1. The Balaban J connectivity index is 1.87. The van der Waals surface area contributed by atoms with E-state index in [-0.39, 0.29) is 17.2 Å². The lowest BCUT2D eigenvalue weighted by molar-refractivity contribution is -0.385. The lowest BCUT2D eigenvalue weighted by Crippen LogP contribution is -2.39. The predicted octanol–water partition coefficient (Wildman–Crippen LogP) is 2.98. The molecule has 1 amide bonds. The molecule has 124 valence electrons. The second kappa shape index (κ2) is 8.37. The van der Waals surface area contributed by atoms with Gasteiger partial charge in [0.1, 0.15) is 0 Å². The second-order valence-electron chi connectivity index (χ2n) is 4.92. The number of hydrogen-bond donors (Lipinski definition) is 2. The molecule has 0 bridgehead atoms. The number of thiocarbonyl (C=S) groups is 1. The van der Waals surface area contributed by atoms with Crippen LogP contribution in [0.25, 0.3) is 0 Å². The van der Waals surface area contributed by atoms with E-state index >= 15 is 0 Å².